The van der Waals surface area contributed by atoms with Crippen molar-refractivity contribution < 1.29 is 37.0 Å². The highest BCUT2D eigenvalue weighted by molar-refractivity contribution is 7.13. The Hall–Kier alpha value is -4.46. The summed E-state index contributed by atoms with van der Waals surface area (Å²) in [7, 11) is 2.10. The SMILES string of the molecule is COC(=O)COC(=O)COc1ccc(C)c(-c2nsc3ccc(-n4c(=O)cc(C(F)(F)F)n(C)c4=O)cc23)c1. The molecular formula is C25H20F3N3O7S. The zero-order valence-corrected chi connectivity index (χ0v) is 21.5. The van der Waals surface area contributed by atoms with Crippen LogP contribution < -0.4 is 16.0 Å². The number of methoxy groups -OCH3 is 1. The van der Waals surface area contributed by atoms with E-state index in [-0.39, 0.29) is 5.69 Å². The van der Waals surface area contributed by atoms with E-state index in [1.165, 1.54) is 12.1 Å². The Balaban J connectivity index is 1.69. The number of alkyl halides is 3. The number of carbonyl (C=O) groups excluding carboxylic acids is 2. The molecule has 39 heavy (non-hydrogen) atoms. The van der Waals surface area contributed by atoms with Gasteiger partial charge in [-0.25, -0.2) is 19.0 Å². The first-order valence-electron chi connectivity index (χ1n) is 11.2. The minimum Gasteiger partial charge on any atom is -0.482 e. The van der Waals surface area contributed by atoms with Crippen LogP contribution in [0.25, 0.3) is 27.0 Å². The fraction of sp³-hybridized carbons (Fsp3) is 0.240. The molecule has 0 unspecified atom stereocenters. The lowest BCUT2D eigenvalue weighted by molar-refractivity contribution is -0.158. The van der Waals surface area contributed by atoms with Crippen molar-refractivity contribution in [1.29, 1.82) is 0 Å². The second-order valence-electron chi connectivity index (χ2n) is 8.26. The van der Waals surface area contributed by atoms with E-state index in [2.05, 4.69) is 9.11 Å². The molecule has 0 radical (unpaired) electrons. The van der Waals surface area contributed by atoms with Crippen molar-refractivity contribution in [3.8, 4) is 22.7 Å². The summed E-state index contributed by atoms with van der Waals surface area (Å²) >= 11 is 1.15. The fourth-order valence-electron chi connectivity index (χ4n) is 3.72. The quantitative estimate of drug-likeness (QED) is 0.315. The number of aryl methyl sites for hydroxylation is 1. The summed E-state index contributed by atoms with van der Waals surface area (Å²) in [6.45, 7) is 0.798. The molecule has 2 heterocycles. The lowest BCUT2D eigenvalue weighted by Crippen LogP contribution is -2.40. The highest BCUT2D eigenvalue weighted by Crippen LogP contribution is 2.35. The van der Waals surface area contributed by atoms with Crippen molar-refractivity contribution in [2.75, 3.05) is 20.3 Å². The van der Waals surface area contributed by atoms with Crippen molar-refractivity contribution in [3.05, 3.63) is 74.6 Å². The van der Waals surface area contributed by atoms with Crippen LogP contribution in [0.1, 0.15) is 11.3 Å². The standard InChI is InChI=1S/C25H20F3N3O7S/c1-13-4-6-15(37-12-22(34)38-11-21(33)36-3)9-16(13)23-17-8-14(5-7-18(17)39-29-23)31-20(32)10-19(25(26,27)28)30(2)24(31)35/h4-10H,11-12H2,1-3H3. The van der Waals surface area contributed by atoms with Gasteiger partial charge in [-0.1, -0.05) is 6.07 Å². The first-order chi connectivity index (χ1) is 18.4. The molecule has 14 heteroatoms. The largest absolute Gasteiger partial charge is 0.482 e. The second kappa shape index (κ2) is 10.7. The summed E-state index contributed by atoms with van der Waals surface area (Å²) in [6, 6.07) is 9.93. The molecule has 2 aromatic carbocycles. The molecule has 204 valence electrons. The predicted molar refractivity (Wildman–Crippen MR) is 134 cm³/mol. The Morgan fingerprint density at radius 3 is 2.46 bits per heavy atom. The highest BCUT2D eigenvalue weighted by atomic mass is 32.1. The summed E-state index contributed by atoms with van der Waals surface area (Å²) < 4.78 is 60.5. The number of hydrogen-bond donors (Lipinski definition) is 0. The van der Waals surface area contributed by atoms with E-state index >= 15 is 0 Å². The Bertz CT molecular complexity index is 1710. The van der Waals surface area contributed by atoms with Crippen LogP contribution in [0.15, 0.2) is 52.1 Å². The van der Waals surface area contributed by atoms with E-state index in [0.29, 0.717) is 42.3 Å². The van der Waals surface area contributed by atoms with Crippen molar-refractivity contribution in [2.24, 2.45) is 7.05 Å². The molecule has 0 fully saturated rings. The van der Waals surface area contributed by atoms with Crippen LogP contribution in [0.2, 0.25) is 0 Å². The van der Waals surface area contributed by atoms with Gasteiger partial charge in [-0.2, -0.15) is 17.5 Å². The molecule has 2 aromatic heterocycles. The molecule has 0 amide bonds. The third-order valence-corrected chi connectivity index (χ3v) is 6.55. The van der Waals surface area contributed by atoms with E-state index in [4.69, 9.17) is 9.47 Å². The smallest absolute Gasteiger partial charge is 0.431 e. The second-order valence-corrected chi connectivity index (χ2v) is 9.06. The van der Waals surface area contributed by atoms with Crippen molar-refractivity contribution in [2.45, 2.75) is 13.1 Å². The van der Waals surface area contributed by atoms with Gasteiger partial charge in [0.25, 0.3) is 5.56 Å². The monoisotopic (exact) mass is 563 g/mol. The van der Waals surface area contributed by atoms with Crippen molar-refractivity contribution in [3.63, 3.8) is 0 Å². The molecule has 0 aliphatic rings. The normalized spacial score (nSPS) is 11.4. The molecule has 0 bridgehead atoms. The summed E-state index contributed by atoms with van der Waals surface area (Å²) in [5, 5.41) is 0.545. The average Bonchev–Trinajstić information content (AvgIpc) is 3.31. The lowest BCUT2D eigenvalue weighted by atomic mass is 10.0. The maximum atomic E-state index is 13.2. The fourth-order valence-corrected chi connectivity index (χ4v) is 4.49. The van der Waals surface area contributed by atoms with E-state index in [0.717, 1.165) is 31.3 Å². The van der Waals surface area contributed by atoms with Crippen LogP contribution in [0.3, 0.4) is 0 Å². The summed E-state index contributed by atoms with van der Waals surface area (Å²) in [4.78, 5) is 48.3. The zero-order valence-electron chi connectivity index (χ0n) is 20.7. The van der Waals surface area contributed by atoms with E-state index in [9.17, 15) is 32.3 Å². The molecule has 0 aliphatic carbocycles. The maximum Gasteiger partial charge on any atom is 0.431 e. The number of halogens is 3. The van der Waals surface area contributed by atoms with Gasteiger partial charge in [0.1, 0.15) is 11.4 Å². The third kappa shape index (κ3) is 5.70. The summed E-state index contributed by atoms with van der Waals surface area (Å²) in [5.74, 6) is -1.20. The van der Waals surface area contributed by atoms with Crippen LogP contribution in [0.4, 0.5) is 13.2 Å². The molecule has 0 saturated heterocycles. The van der Waals surface area contributed by atoms with Crippen LogP contribution in [-0.4, -0.2) is 45.8 Å². The van der Waals surface area contributed by atoms with Gasteiger partial charge in [0, 0.05) is 24.1 Å². The van der Waals surface area contributed by atoms with Gasteiger partial charge >= 0.3 is 23.8 Å². The molecule has 4 rings (SSSR count). The first-order valence-corrected chi connectivity index (χ1v) is 11.9. The molecule has 0 N–H and O–H groups in total. The van der Waals surface area contributed by atoms with E-state index < -0.39 is 48.3 Å². The zero-order chi connectivity index (χ0) is 28.5. The Morgan fingerprint density at radius 2 is 1.77 bits per heavy atom. The number of benzene rings is 2. The van der Waals surface area contributed by atoms with Gasteiger partial charge in [-0.15, -0.1) is 0 Å². The number of fused-ring (bicyclic) bond motifs is 1. The minimum atomic E-state index is -4.87. The number of ether oxygens (including phenoxy) is 3. The maximum absolute atomic E-state index is 13.2. The number of nitrogens with zero attached hydrogens (tertiary/aromatic N) is 3. The lowest BCUT2D eigenvalue weighted by Gasteiger charge is -2.14. The number of rotatable bonds is 7. The number of hydrogen-bond acceptors (Lipinski definition) is 9. The minimum absolute atomic E-state index is 0.0710. The van der Waals surface area contributed by atoms with Crippen LogP contribution in [0.5, 0.6) is 5.75 Å². The topological polar surface area (TPSA) is 119 Å². The molecule has 0 atom stereocenters. The number of aromatic nitrogens is 3. The van der Waals surface area contributed by atoms with Gasteiger partial charge in [-0.05, 0) is 54.4 Å². The Labute approximate surface area is 221 Å². The first kappa shape index (κ1) is 27.6. The summed E-state index contributed by atoms with van der Waals surface area (Å²) in [5.41, 5.74) is -1.67. The molecule has 4 aromatic rings. The predicted octanol–water partition coefficient (Wildman–Crippen LogP) is 3.24. The van der Waals surface area contributed by atoms with E-state index in [1.54, 1.807) is 24.3 Å². The third-order valence-electron chi connectivity index (χ3n) is 5.72. The van der Waals surface area contributed by atoms with Crippen molar-refractivity contribution in [1.82, 2.24) is 13.5 Å². The average molecular weight is 564 g/mol. The Morgan fingerprint density at radius 1 is 1.03 bits per heavy atom. The molecule has 0 saturated carbocycles. The van der Waals surface area contributed by atoms with Gasteiger partial charge < -0.3 is 14.2 Å². The molecule has 0 spiro atoms. The van der Waals surface area contributed by atoms with Crippen molar-refractivity contribution >= 4 is 33.6 Å². The van der Waals surface area contributed by atoms with Gasteiger partial charge in [0.2, 0.25) is 0 Å². The van der Waals surface area contributed by atoms with Gasteiger partial charge in [0.05, 0.1) is 23.2 Å². The Kier molecular flexibility index (Phi) is 7.58. The molecule has 10 nitrogen and oxygen atoms in total. The molecule has 0 aliphatic heterocycles. The number of carbonyl (C=O) groups is 2. The van der Waals surface area contributed by atoms with Crippen LogP contribution >= 0.6 is 11.5 Å². The van der Waals surface area contributed by atoms with Crippen LogP contribution in [-0.2, 0) is 32.3 Å². The number of esters is 2. The van der Waals surface area contributed by atoms with E-state index in [1.807, 2.05) is 6.92 Å². The van der Waals surface area contributed by atoms with Gasteiger partial charge in [0.15, 0.2) is 13.2 Å². The van der Waals surface area contributed by atoms with Crippen LogP contribution in [0, 0.1) is 6.92 Å². The highest BCUT2D eigenvalue weighted by Gasteiger charge is 2.35. The summed E-state index contributed by atoms with van der Waals surface area (Å²) in [6.07, 6.45) is -4.87. The molecular weight excluding hydrogens is 543 g/mol. The van der Waals surface area contributed by atoms with Gasteiger partial charge in [-0.3, -0.25) is 9.36 Å².